The van der Waals surface area contributed by atoms with Crippen molar-refractivity contribution in [1.82, 2.24) is 24.1 Å². The van der Waals surface area contributed by atoms with Crippen LogP contribution in [0.5, 0.6) is 0 Å². The maximum atomic E-state index is 13.6. The first kappa shape index (κ1) is 15.5. The van der Waals surface area contributed by atoms with E-state index in [4.69, 9.17) is 0 Å². The number of nitrogens with zero attached hydrogens (tertiary/aromatic N) is 5. The van der Waals surface area contributed by atoms with Crippen LogP contribution in [0, 0.1) is 6.92 Å². The van der Waals surface area contributed by atoms with Crippen molar-refractivity contribution in [2.45, 2.75) is 6.92 Å². The maximum Gasteiger partial charge on any atom is 0.283 e. The van der Waals surface area contributed by atoms with E-state index in [2.05, 4.69) is 15.0 Å². The third-order valence-electron chi connectivity index (χ3n) is 4.70. The van der Waals surface area contributed by atoms with E-state index in [0.29, 0.717) is 16.7 Å². The summed E-state index contributed by atoms with van der Waals surface area (Å²) < 4.78 is 3.44. The van der Waals surface area contributed by atoms with E-state index in [1.165, 1.54) is 0 Å². The SMILES string of the molecule is Cc1ccnc2c1c1ncn(-c3cccnc3)c1c(=O)n2-c1ccccc1. The summed E-state index contributed by atoms with van der Waals surface area (Å²) in [5.74, 6) is 0. The van der Waals surface area contributed by atoms with Gasteiger partial charge in [-0.05, 0) is 42.8 Å². The van der Waals surface area contributed by atoms with Gasteiger partial charge in [0.2, 0.25) is 0 Å². The first-order valence-electron chi connectivity index (χ1n) is 8.59. The molecule has 0 aliphatic heterocycles. The van der Waals surface area contributed by atoms with Crippen LogP contribution in [0.15, 0.2) is 78.2 Å². The predicted octanol–water partition coefficient (Wildman–Crippen LogP) is 3.43. The van der Waals surface area contributed by atoms with Gasteiger partial charge in [-0.25, -0.2) is 9.97 Å². The van der Waals surface area contributed by atoms with Gasteiger partial charge < -0.3 is 0 Å². The molecule has 1 aromatic carbocycles. The summed E-state index contributed by atoms with van der Waals surface area (Å²) in [5, 5.41) is 0.874. The van der Waals surface area contributed by atoms with Crippen molar-refractivity contribution in [3.63, 3.8) is 0 Å². The van der Waals surface area contributed by atoms with Crippen molar-refractivity contribution < 1.29 is 0 Å². The van der Waals surface area contributed by atoms with Gasteiger partial charge in [0, 0.05) is 17.8 Å². The zero-order valence-electron chi connectivity index (χ0n) is 14.6. The number of benzene rings is 1. The second kappa shape index (κ2) is 5.88. The Kier molecular flexibility index (Phi) is 3.36. The van der Waals surface area contributed by atoms with Crippen molar-refractivity contribution in [3.05, 3.63) is 89.4 Å². The Morgan fingerprint density at radius 2 is 1.70 bits per heavy atom. The average molecular weight is 353 g/mol. The smallest absolute Gasteiger partial charge is 0.283 e. The summed E-state index contributed by atoms with van der Waals surface area (Å²) >= 11 is 0. The molecule has 0 saturated carbocycles. The van der Waals surface area contributed by atoms with Gasteiger partial charge in [0.05, 0.1) is 17.6 Å². The van der Waals surface area contributed by atoms with Crippen molar-refractivity contribution >= 4 is 22.1 Å². The first-order chi connectivity index (χ1) is 13.3. The Morgan fingerprint density at radius 3 is 2.48 bits per heavy atom. The molecule has 0 fully saturated rings. The van der Waals surface area contributed by atoms with Crippen LogP contribution in [0.25, 0.3) is 33.4 Å². The summed E-state index contributed by atoms with van der Waals surface area (Å²) in [6, 6.07) is 15.2. The van der Waals surface area contributed by atoms with Crippen LogP contribution in [0.2, 0.25) is 0 Å². The van der Waals surface area contributed by atoms with Crippen LogP contribution in [0.4, 0.5) is 0 Å². The lowest BCUT2D eigenvalue weighted by atomic mass is 10.1. The molecule has 0 aliphatic rings. The Morgan fingerprint density at radius 1 is 0.889 bits per heavy atom. The van der Waals surface area contributed by atoms with Gasteiger partial charge in [0.15, 0.2) is 0 Å². The lowest BCUT2D eigenvalue weighted by molar-refractivity contribution is 0.999. The monoisotopic (exact) mass is 353 g/mol. The second-order valence-electron chi connectivity index (χ2n) is 6.33. The molecule has 0 atom stereocenters. The minimum atomic E-state index is -0.164. The number of fused-ring (bicyclic) bond motifs is 3. The van der Waals surface area contributed by atoms with Gasteiger partial charge in [0.25, 0.3) is 5.56 Å². The molecular weight excluding hydrogens is 338 g/mol. The molecule has 130 valence electrons. The van der Waals surface area contributed by atoms with Crippen LogP contribution in [0.3, 0.4) is 0 Å². The second-order valence-corrected chi connectivity index (χ2v) is 6.33. The standard InChI is InChI=1S/C21H15N5O/c1-14-9-11-23-20-17(14)18-19(21(27)26(20)15-6-3-2-4-7-15)25(13-24-18)16-8-5-10-22-12-16/h2-13H,1H3. The molecule has 6 nitrogen and oxygen atoms in total. The third-order valence-corrected chi connectivity index (χ3v) is 4.70. The lowest BCUT2D eigenvalue weighted by Gasteiger charge is -2.12. The summed E-state index contributed by atoms with van der Waals surface area (Å²) in [6.45, 7) is 2.01. The fraction of sp³-hybridized carbons (Fsp3) is 0.0476. The highest BCUT2D eigenvalue weighted by molar-refractivity contribution is 6.03. The number of hydrogen-bond donors (Lipinski definition) is 0. The van der Waals surface area contributed by atoms with Crippen molar-refractivity contribution in [2.75, 3.05) is 0 Å². The predicted molar refractivity (Wildman–Crippen MR) is 104 cm³/mol. The number of hydrogen-bond acceptors (Lipinski definition) is 4. The molecule has 5 rings (SSSR count). The van der Waals surface area contributed by atoms with E-state index >= 15 is 0 Å². The number of aryl methyl sites for hydroxylation is 1. The van der Waals surface area contributed by atoms with Crippen LogP contribution < -0.4 is 5.56 Å². The van der Waals surface area contributed by atoms with E-state index in [1.54, 1.807) is 34.1 Å². The topological polar surface area (TPSA) is 65.6 Å². The Hall–Kier alpha value is -3.80. The van der Waals surface area contributed by atoms with Crippen LogP contribution in [0.1, 0.15) is 5.56 Å². The van der Waals surface area contributed by atoms with Gasteiger partial charge in [-0.3, -0.25) is 18.9 Å². The number of para-hydroxylation sites is 1. The molecule has 0 saturated heterocycles. The van der Waals surface area contributed by atoms with E-state index in [9.17, 15) is 4.79 Å². The minimum Gasteiger partial charge on any atom is -0.292 e. The Bertz CT molecular complexity index is 1340. The summed E-state index contributed by atoms with van der Waals surface area (Å²) in [6.07, 6.45) is 6.81. The maximum absolute atomic E-state index is 13.6. The molecule has 27 heavy (non-hydrogen) atoms. The minimum absolute atomic E-state index is 0.164. The average Bonchev–Trinajstić information content (AvgIpc) is 3.15. The molecule has 0 N–H and O–H groups in total. The lowest BCUT2D eigenvalue weighted by Crippen LogP contribution is -2.22. The van der Waals surface area contributed by atoms with Crippen LogP contribution in [-0.4, -0.2) is 24.1 Å². The highest BCUT2D eigenvalue weighted by atomic mass is 16.1. The first-order valence-corrected chi connectivity index (χ1v) is 8.59. The van der Waals surface area contributed by atoms with Crippen LogP contribution in [-0.2, 0) is 0 Å². The van der Waals surface area contributed by atoms with Gasteiger partial charge in [-0.15, -0.1) is 0 Å². The van der Waals surface area contributed by atoms with E-state index in [0.717, 1.165) is 22.3 Å². The molecule has 5 aromatic rings. The third kappa shape index (κ3) is 2.27. The molecular formula is C21H15N5O. The number of imidazole rings is 1. The zero-order chi connectivity index (χ0) is 18.4. The van der Waals surface area contributed by atoms with Crippen molar-refractivity contribution in [1.29, 1.82) is 0 Å². The van der Waals surface area contributed by atoms with E-state index in [1.807, 2.05) is 55.5 Å². The molecule has 0 spiro atoms. The quantitative estimate of drug-likeness (QED) is 0.488. The molecule has 4 heterocycles. The Balaban J connectivity index is 2.01. The fourth-order valence-electron chi connectivity index (χ4n) is 3.45. The Labute approximate surface area is 154 Å². The zero-order valence-corrected chi connectivity index (χ0v) is 14.6. The molecule has 0 bridgehead atoms. The van der Waals surface area contributed by atoms with Crippen molar-refractivity contribution in [2.24, 2.45) is 0 Å². The molecule has 6 heteroatoms. The van der Waals surface area contributed by atoms with Crippen molar-refractivity contribution in [3.8, 4) is 11.4 Å². The summed E-state index contributed by atoms with van der Waals surface area (Å²) in [5.41, 5.74) is 4.18. The highest BCUT2D eigenvalue weighted by Crippen LogP contribution is 2.26. The molecule has 0 amide bonds. The van der Waals surface area contributed by atoms with Gasteiger partial charge in [-0.1, -0.05) is 18.2 Å². The van der Waals surface area contributed by atoms with E-state index in [-0.39, 0.29) is 5.56 Å². The summed E-state index contributed by atoms with van der Waals surface area (Å²) in [7, 11) is 0. The number of aromatic nitrogens is 5. The number of rotatable bonds is 2. The normalized spacial score (nSPS) is 11.3. The van der Waals surface area contributed by atoms with Gasteiger partial charge in [0.1, 0.15) is 23.0 Å². The summed E-state index contributed by atoms with van der Waals surface area (Å²) in [4.78, 5) is 26.8. The van der Waals surface area contributed by atoms with E-state index < -0.39 is 0 Å². The number of pyridine rings is 3. The molecule has 0 radical (unpaired) electrons. The highest BCUT2D eigenvalue weighted by Gasteiger charge is 2.19. The van der Waals surface area contributed by atoms with Gasteiger partial charge >= 0.3 is 0 Å². The van der Waals surface area contributed by atoms with Crippen LogP contribution >= 0.6 is 0 Å². The molecule has 0 aliphatic carbocycles. The van der Waals surface area contributed by atoms with Gasteiger partial charge in [-0.2, -0.15) is 0 Å². The largest absolute Gasteiger partial charge is 0.292 e. The molecule has 0 unspecified atom stereocenters. The molecule has 4 aromatic heterocycles. The fourth-order valence-corrected chi connectivity index (χ4v) is 3.45.